The van der Waals surface area contributed by atoms with Gasteiger partial charge in [0.1, 0.15) is 6.61 Å². The second-order valence-electron chi connectivity index (χ2n) is 4.40. The van der Waals surface area contributed by atoms with Gasteiger partial charge in [0.05, 0.1) is 0 Å². The van der Waals surface area contributed by atoms with Crippen molar-refractivity contribution < 1.29 is 9.90 Å². The Labute approximate surface area is 117 Å². The number of hydrogen-bond acceptors (Lipinski definition) is 3. The van der Waals surface area contributed by atoms with Gasteiger partial charge in [0.15, 0.2) is 0 Å². The second-order valence-corrected chi connectivity index (χ2v) is 5.62. The molecule has 0 radical (unpaired) electrons. The number of hydrogen-bond donors (Lipinski definition) is 2. The lowest BCUT2D eigenvalue weighted by Crippen LogP contribution is -2.37. The van der Waals surface area contributed by atoms with Crippen LogP contribution in [-0.2, 0) is 0 Å². The molecule has 2 N–H and O–H groups in total. The largest absolute Gasteiger partial charge is 0.384 e. The van der Waals surface area contributed by atoms with E-state index in [1.807, 2.05) is 11.8 Å². The van der Waals surface area contributed by atoms with Crippen molar-refractivity contribution >= 4 is 17.7 Å². The van der Waals surface area contributed by atoms with Gasteiger partial charge in [-0.2, -0.15) is 11.8 Å². The SMILES string of the molecule is O=C(NC1CCSCC1)c1ccc(C#CCO)cc1. The highest BCUT2D eigenvalue weighted by Crippen LogP contribution is 2.17. The van der Waals surface area contributed by atoms with Crippen molar-refractivity contribution in [2.24, 2.45) is 0 Å². The zero-order valence-corrected chi connectivity index (χ0v) is 11.5. The summed E-state index contributed by atoms with van der Waals surface area (Å²) in [6.45, 7) is -0.151. The van der Waals surface area contributed by atoms with Crippen LogP contribution in [0.1, 0.15) is 28.8 Å². The molecule has 0 atom stereocenters. The minimum absolute atomic E-state index is 0.0152. The summed E-state index contributed by atoms with van der Waals surface area (Å²) in [5.41, 5.74) is 1.47. The molecule has 2 rings (SSSR count). The summed E-state index contributed by atoms with van der Waals surface area (Å²) < 4.78 is 0. The molecule has 1 aromatic rings. The summed E-state index contributed by atoms with van der Waals surface area (Å²) in [5, 5.41) is 11.7. The predicted octanol–water partition coefficient (Wildman–Crippen LogP) is 1.66. The highest BCUT2D eigenvalue weighted by molar-refractivity contribution is 7.99. The molecular formula is C15H17NO2S. The molecule has 0 saturated carbocycles. The van der Waals surface area contributed by atoms with E-state index in [0.29, 0.717) is 11.6 Å². The van der Waals surface area contributed by atoms with Crippen molar-refractivity contribution in [3.63, 3.8) is 0 Å². The van der Waals surface area contributed by atoms with E-state index in [0.717, 1.165) is 29.9 Å². The Morgan fingerprint density at radius 2 is 2.00 bits per heavy atom. The quantitative estimate of drug-likeness (QED) is 0.807. The molecule has 19 heavy (non-hydrogen) atoms. The molecule has 0 spiro atoms. The maximum Gasteiger partial charge on any atom is 0.251 e. The van der Waals surface area contributed by atoms with Gasteiger partial charge < -0.3 is 10.4 Å². The number of carbonyl (C=O) groups is 1. The summed E-state index contributed by atoms with van der Waals surface area (Å²) >= 11 is 1.94. The number of nitrogens with one attached hydrogen (secondary N) is 1. The lowest BCUT2D eigenvalue weighted by atomic mass is 10.1. The van der Waals surface area contributed by atoms with Crippen molar-refractivity contribution in [1.82, 2.24) is 5.32 Å². The third-order valence-electron chi connectivity index (χ3n) is 3.02. The van der Waals surface area contributed by atoms with E-state index in [1.54, 1.807) is 24.3 Å². The zero-order valence-electron chi connectivity index (χ0n) is 10.7. The number of aliphatic hydroxyl groups excluding tert-OH is 1. The molecular weight excluding hydrogens is 258 g/mol. The Kier molecular flexibility index (Phi) is 5.31. The molecule has 1 heterocycles. The van der Waals surface area contributed by atoms with E-state index in [1.165, 1.54) is 0 Å². The molecule has 1 aromatic carbocycles. The minimum Gasteiger partial charge on any atom is -0.384 e. The zero-order chi connectivity index (χ0) is 13.5. The van der Waals surface area contributed by atoms with Crippen LogP contribution in [-0.4, -0.2) is 35.2 Å². The second kappa shape index (κ2) is 7.22. The Balaban J connectivity index is 1.95. The van der Waals surface area contributed by atoms with Crippen LogP contribution in [0, 0.1) is 11.8 Å². The lowest BCUT2D eigenvalue weighted by Gasteiger charge is -2.22. The summed E-state index contributed by atoms with van der Waals surface area (Å²) in [7, 11) is 0. The van der Waals surface area contributed by atoms with E-state index >= 15 is 0 Å². The first-order chi connectivity index (χ1) is 9.29. The first-order valence-electron chi connectivity index (χ1n) is 6.38. The highest BCUT2D eigenvalue weighted by atomic mass is 32.2. The van der Waals surface area contributed by atoms with Gasteiger partial charge in [0.2, 0.25) is 0 Å². The third kappa shape index (κ3) is 4.30. The molecule has 0 aromatic heterocycles. The topological polar surface area (TPSA) is 49.3 Å². The maximum atomic E-state index is 12.0. The van der Waals surface area contributed by atoms with Gasteiger partial charge in [0.25, 0.3) is 5.91 Å². The summed E-state index contributed by atoms with van der Waals surface area (Å²) in [6.07, 6.45) is 2.10. The Morgan fingerprint density at radius 1 is 1.32 bits per heavy atom. The normalized spacial score (nSPS) is 15.4. The number of aliphatic hydroxyl groups is 1. The molecule has 1 saturated heterocycles. The van der Waals surface area contributed by atoms with Crippen LogP contribution in [0.3, 0.4) is 0 Å². The molecule has 1 aliphatic heterocycles. The molecule has 1 fully saturated rings. The number of thioether (sulfide) groups is 1. The van der Waals surface area contributed by atoms with Gasteiger partial charge in [-0.1, -0.05) is 11.8 Å². The Bertz CT molecular complexity index is 481. The first kappa shape index (κ1) is 14.0. The van der Waals surface area contributed by atoms with Gasteiger partial charge >= 0.3 is 0 Å². The standard InChI is InChI=1S/C15H17NO2S/c17-9-1-2-12-3-5-13(6-4-12)15(18)16-14-7-10-19-11-8-14/h3-6,14,17H,7-11H2,(H,16,18). The predicted molar refractivity (Wildman–Crippen MR) is 78.2 cm³/mol. The Hall–Kier alpha value is -1.44. The smallest absolute Gasteiger partial charge is 0.251 e. The minimum atomic E-state index is -0.151. The van der Waals surface area contributed by atoms with Crippen LogP contribution in [0.4, 0.5) is 0 Å². The van der Waals surface area contributed by atoms with Crippen LogP contribution in [0.2, 0.25) is 0 Å². The van der Waals surface area contributed by atoms with Crippen molar-refractivity contribution in [1.29, 1.82) is 0 Å². The molecule has 4 heteroatoms. The van der Waals surface area contributed by atoms with Crippen LogP contribution in [0.25, 0.3) is 0 Å². The van der Waals surface area contributed by atoms with E-state index in [4.69, 9.17) is 5.11 Å². The average molecular weight is 275 g/mol. The fourth-order valence-corrected chi connectivity index (χ4v) is 3.06. The molecule has 0 aliphatic carbocycles. The van der Waals surface area contributed by atoms with Crippen LogP contribution in [0.5, 0.6) is 0 Å². The van der Waals surface area contributed by atoms with Gasteiger partial charge in [-0.25, -0.2) is 0 Å². The van der Waals surface area contributed by atoms with Gasteiger partial charge in [-0.05, 0) is 48.6 Å². The molecule has 0 bridgehead atoms. The van der Waals surface area contributed by atoms with Crippen molar-refractivity contribution in [2.45, 2.75) is 18.9 Å². The van der Waals surface area contributed by atoms with E-state index in [9.17, 15) is 4.79 Å². The van der Waals surface area contributed by atoms with Crippen molar-refractivity contribution in [3.05, 3.63) is 35.4 Å². The van der Waals surface area contributed by atoms with E-state index in [2.05, 4.69) is 17.2 Å². The molecule has 100 valence electrons. The van der Waals surface area contributed by atoms with Gasteiger partial charge in [-0.15, -0.1) is 0 Å². The molecule has 1 aliphatic rings. The summed E-state index contributed by atoms with van der Waals surface area (Å²) in [6, 6.07) is 7.45. The number of rotatable bonds is 2. The number of amides is 1. The van der Waals surface area contributed by atoms with Crippen molar-refractivity contribution in [2.75, 3.05) is 18.1 Å². The fourth-order valence-electron chi connectivity index (χ4n) is 1.96. The van der Waals surface area contributed by atoms with Gasteiger partial charge in [-0.3, -0.25) is 4.79 Å². The Morgan fingerprint density at radius 3 is 2.63 bits per heavy atom. The molecule has 0 unspecified atom stereocenters. The van der Waals surface area contributed by atoms with Crippen LogP contribution < -0.4 is 5.32 Å². The number of benzene rings is 1. The third-order valence-corrected chi connectivity index (χ3v) is 4.06. The number of carbonyl (C=O) groups excluding carboxylic acids is 1. The van der Waals surface area contributed by atoms with E-state index in [-0.39, 0.29) is 12.5 Å². The van der Waals surface area contributed by atoms with Crippen LogP contribution in [0.15, 0.2) is 24.3 Å². The first-order valence-corrected chi connectivity index (χ1v) is 7.53. The van der Waals surface area contributed by atoms with Crippen molar-refractivity contribution in [3.8, 4) is 11.8 Å². The summed E-state index contributed by atoms with van der Waals surface area (Å²) in [4.78, 5) is 12.0. The average Bonchev–Trinajstić information content (AvgIpc) is 2.46. The monoisotopic (exact) mass is 275 g/mol. The van der Waals surface area contributed by atoms with Crippen LogP contribution >= 0.6 is 11.8 Å². The lowest BCUT2D eigenvalue weighted by molar-refractivity contribution is 0.0935. The highest BCUT2D eigenvalue weighted by Gasteiger charge is 2.16. The maximum absolute atomic E-state index is 12.0. The summed E-state index contributed by atoms with van der Waals surface area (Å²) in [5.74, 6) is 7.63. The molecule has 1 amide bonds. The fraction of sp³-hybridized carbons (Fsp3) is 0.400. The molecule has 3 nitrogen and oxygen atoms in total. The van der Waals surface area contributed by atoms with Gasteiger partial charge in [0, 0.05) is 17.2 Å². The van der Waals surface area contributed by atoms with E-state index < -0.39 is 0 Å².